The van der Waals surface area contributed by atoms with E-state index in [1.54, 1.807) is 19.9 Å². The van der Waals surface area contributed by atoms with E-state index in [1.807, 2.05) is 36.4 Å². The number of H-pyrrole nitrogens is 1. The molecule has 3 heterocycles. The first-order valence-electron chi connectivity index (χ1n) is 11.3. The highest BCUT2D eigenvalue weighted by molar-refractivity contribution is 5.95. The van der Waals surface area contributed by atoms with E-state index in [2.05, 4.69) is 4.98 Å². The number of rotatable bonds is 7. The minimum absolute atomic E-state index is 0.163. The van der Waals surface area contributed by atoms with Crippen molar-refractivity contribution in [1.82, 2.24) is 9.38 Å². The number of aromatic amines is 1. The molecule has 0 aliphatic rings. The van der Waals surface area contributed by atoms with Crippen LogP contribution in [-0.2, 0) is 17.8 Å². The smallest absolute Gasteiger partial charge is 0.251 e. The first kappa shape index (κ1) is 24.3. The zero-order valence-corrected chi connectivity index (χ0v) is 20.0. The van der Waals surface area contributed by atoms with Gasteiger partial charge in [-0.2, -0.15) is 0 Å². The molecule has 0 spiro atoms. The molecule has 1 atom stereocenters. The first-order chi connectivity index (χ1) is 16.6. The number of carbonyl (C=O) groups excluding carboxylic acids is 1. The number of fused-ring (bicyclic) bond motifs is 1. The zero-order valence-electron chi connectivity index (χ0n) is 20.0. The van der Waals surface area contributed by atoms with E-state index in [-0.39, 0.29) is 17.7 Å². The molecule has 1 amide bonds. The Kier molecular flexibility index (Phi) is 6.58. The van der Waals surface area contributed by atoms with Gasteiger partial charge in [0, 0.05) is 40.0 Å². The second kappa shape index (κ2) is 9.46. The average molecular weight is 480 g/mol. The zero-order chi connectivity index (χ0) is 25.4. The molecule has 4 aromatic rings. The Bertz CT molecular complexity index is 1480. The van der Waals surface area contributed by atoms with Gasteiger partial charge in [-0.3, -0.25) is 9.59 Å². The fourth-order valence-corrected chi connectivity index (χ4v) is 4.59. The Morgan fingerprint density at radius 1 is 1.09 bits per heavy atom. The van der Waals surface area contributed by atoms with Crippen LogP contribution in [0.25, 0.3) is 5.52 Å². The van der Waals surface area contributed by atoms with Gasteiger partial charge in [0.15, 0.2) is 0 Å². The van der Waals surface area contributed by atoms with Gasteiger partial charge in [-0.05, 0) is 75.2 Å². The third-order valence-electron chi connectivity index (χ3n) is 6.35. The van der Waals surface area contributed by atoms with Crippen LogP contribution in [0, 0.1) is 32.4 Å². The number of nitrogens with zero attached hydrogens (tertiary/aromatic N) is 1. The SMILES string of the molecule is Cc1cc(C)c(Cc2ccc3cc(C(N)=O)c(C)c(C(C)OCc4c(F)cccc4F)n23)c(=O)[nH]1. The highest BCUT2D eigenvalue weighted by atomic mass is 19.1. The quantitative estimate of drug-likeness (QED) is 0.399. The number of amides is 1. The standard InChI is InChI=1S/C27H27F2N3O3/c1-14-10-15(2)31-27(34)20(14)11-18-8-9-19-12-21(26(30)33)16(3)25(32(18)19)17(4)35-13-22-23(28)6-5-7-24(22)29/h5-10,12,17H,11,13H2,1-4H3,(H2,30,33)(H,31,34). The number of hydrogen-bond acceptors (Lipinski definition) is 3. The normalized spacial score (nSPS) is 12.3. The lowest BCUT2D eigenvalue weighted by molar-refractivity contribution is 0.0450. The van der Waals surface area contributed by atoms with Crippen molar-refractivity contribution in [2.24, 2.45) is 5.73 Å². The molecular formula is C27H27F2N3O3. The summed E-state index contributed by atoms with van der Waals surface area (Å²) in [5.74, 6) is -1.98. The largest absolute Gasteiger partial charge is 0.367 e. The van der Waals surface area contributed by atoms with Crippen molar-refractivity contribution in [2.45, 2.75) is 46.8 Å². The van der Waals surface area contributed by atoms with Crippen LogP contribution >= 0.6 is 0 Å². The molecule has 1 aromatic carbocycles. The summed E-state index contributed by atoms with van der Waals surface area (Å²) < 4.78 is 36.1. The topological polar surface area (TPSA) is 89.6 Å². The summed E-state index contributed by atoms with van der Waals surface area (Å²) in [5, 5.41) is 0. The number of aryl methyl sites for hydroxylation is 2. The number of primary amides is 1. The highest BCUT2D eigenvalue weighted by Crippen LogP contribution is 2.30. The van der Waals surface area contributed by atoms with E-state index >= 15 is 0 Å². The van der Waals surface area contributed by atoms with Gasteiger partial charge in [0.05, 0.1) is 18.4 Å². The lowest BCUT2D eigenvalue weighted by Gasteiger charge is -2.22. The maximum Gasteiger partial charge on any atom is 0.251 e. The van der Waals surface area contributed by atoms with Gasteiger partial charge in [-0.1, -0.05) is 6.07 Å². The van der Waals surface area contributed by atoms with Gasteiger partial charge in [0.1, 0.15) is 11.6 Å². The number of carbonyl (C=O) groups is 1. The van der Waals surface area contributed by atoms with Crippen LogP contribution in [-0.4, -0.2) is 15.3 Å². The summed E-state index contributed by atoms with van der Waals surface area (Å²) in [5.41, 5.74) is 10.6. The third kappa shape index (κ3) is 4.61. The fraction of sp³-hybridized carbons (Fsp3) is 0.259. The summed E-state index contributed by atoms with van der Waals surface area (Å²) in [6.45, 7) is 6.92. The molecule has 6 nitrogen and oxygen atoms in total. The molecule has 0 aliphatic heterocycles. The van der Waals surface area contributed by atoms with E-state index in [0.717, 1.165) is 17.0 Å². The van der Waals surface area contributed by atoms with E-state index < -0.39 is 23.6 Å². The van der Waals surface area contributed by atoms with Crippen LogP contribution in [0.15, 0.2) is 47.3 Å². The van der Waals surface area contributed by atoms with E-state index in [4.69, 9.17) is 10.5 Å². The molecule has 0 bridgehead atoms. The Balaban J connectivity index is 1.81. The first-order valence-corrected chi connectivity index (χ1v) is 11.3. The number of benzene rings is 1. The highest BCUT2D eigenvalue weighted by Gasteiger charge is 2.22. The van der Waals surface area contributed by atoms with Gasteiger partial charge in [-0.25, -0.2) is 8.78 Å². The summed E-state index contributed by atoms with van der Waals surface area (Å²) in [6, 6.07) is 11.0. The number of hydrogen-bond donors (Lipinski definition) is 2. The monoisotopic (exact) mass is 479 g/mol. The molecule has 4 rings (SSSR count). The van der Waals surface area contributed by atoms with Gasteiger partial charge < -0.3 is 19.9 Å². The van der Waals surface area contributed by atoms with Crippen molar-refractivity contribution in [2.75, 3.05) is 0 Å². The van der Waals surface area contributed by atoms with Crippen molar-refractivity contribution in [3.8, 4) is 0 Å². The molecule has 1 unspecified atom stereocenters. The minimum Gasteiger partial charge on any atom is -0.367 e. The summed E-state index contributed by atoms with van der Waals surface area (Å²) in [6.07, 6.45) is -0.313. The summed E-state index contributed by atoms with van der Waals surface area (Å²) in [7, 11) is 0. The average Bonchev–Trinajstić information content (AvgIpc) is 3.17. The van der Waals surface area contributed by atoms with Crippen LogP contribution in [0.5, 0.6) is 0 Å². The molecule has 8 heteroatoms. The number of halogens is 2. The van der Waals surface area contributed by atoms with Gasteiger partial charge in [-0.15, -0.1) is 0 Å². The van der Waals surface area contributed by atoms with E-state index in [0.29, 0.717) is 34.3 Å². The number of nitrogens with two attached hydrogens (primary N) is 1. The van der Waals surface area contributed by atoms with Crippen molar-refractivity contribution in [3.63, 3.8) is 0 Å². The van der Waals surface area contributed by atoms with Gasteiger partial charge >= 0.3 is 0 Å². The molecule has 0 saturated heterocycles. The number of aromatic nitrogens is 2. The molecule has 3 N–H and O–H groups in total. The van der Waals surface area contributed by atoms with Crippen LogP contribution in [0.1, 0.15) is 62.7 Å². The predicted octanol–water partition coefficient (Wildman–Crippen LogP) is 4.80. The van der Waals surface area contributed by atoms with Crippen LogP contribution in [0.4, 0.5) is 8.78 Å². The van der Waals surface area contributed by atoms with Crippen molar-refractivity contribution >= 4 is 11.4 Å². The molecule has 35 heavy (non-hydrogen) atoms. The lowest BCUT2D eigenvalue weighted by atomic mass is 10.0. The second-order valence-electron chi connectivity index (χ2n) is 8.79. The van der Waals surface area contributed by atoms with Gasteiger partial charge in [0.2, 0.25) is 5.91 Å². The Morgan fingerprint density at radius 2 is 1.77 bits per heavy atom. The Labute approximate surface area is 201 Å². The van der Waals surface area contributed by atoms with E-state index in [9.17, 15) is 18.4 Å². The predicted molar refractivity (Wildman–Crippen MR) is 130 cm³/mol. The van der Waals surface area contributed by atoms with Crippen molar-refractivity contribution in [1.29, 1.82) is 0 Å². The minimum atomic E-state index is -0.694. The molecule has 0 fully saturated rings. The van der Waals surface area contributed by atoms with Crippen molar-refractivity contribution in [3.05, 3.63) is 109 Å². The molecule has 182 valence electrons. The van der Waals surface area contributed by atoms with Crippen LogP contribution < -0.4 is 11.3 Å². The molecule has 0 radical (unpaired) electrons. The maximum absolute atomic E-state index is 14.1. The maximum atomic E-state index is 14.1. The lowest BCUT2D eigenvalue weighted by Crippen LogP contribution is -2.20. The third-order valence-corrected chi connectivity index (χ3v) is 6.35. The van der Waals surface area contributed by atoms with Crippen LogP contribution in [0.3, 0.4) is 0 Å². The van der Waals surface area contributed by atoms with Crippen molar-refractivity contribution < 1.29 is 18.3 Å². The number of ether oxygens (including phenoxy) is 1. The van der Waals surface area contributed by atoms with Gasteiger partial charge in [0.25, 0.3) is 5.56 Å². The van der Waals surface area contributed by atoms with Crippen LogP contribution in [0.2, 0.25) is 0 Å². The second-order valence-corrected chi connectivity index (χ2v) is 8.79. The Morgan fingerprint density at radius 3 is 2.40 bits per heavy atom. The van der Waals surface area contributed by atoms with E-state index in [1.165, 1.54) is 18.2 Å². The summed E-state index contributed by atoms with van der Waals surface area (Å²) >= 11 is 0. The fourth-order valence-electron chi connectivity index (χ4n) is 4.59. The molecule has 0 saturated carbocycles. The molecule has 3 aromatic heterocycles. The molecule has 0 aliphatic carbocycles. The molecular weight excluding hydrogens is 452 g/mol. The Hall–Kier alpha value is -3.78. The number of pyridine rings is 2. The number of nitrogens with one attached hydrogen (secondary N) is 1. The summed E-state index contributed by atoms with van der Waals surface area (Å²) in [4.78, 5) is 27.6.